The fraction of sp³-hybridized carbons (Fsp3) is 0.300. The van der Waals surface area contributed by atoms with E-state index in [1.54, 1.807) is 18.5 Å². The van der Waals surface area contributed by atoms with Crippen LogP contribution < -0.4 is 14.8 Å². The van der Waals surface area contributed by atoms with Gasteiger partial charge >= 0.3 is 0 Å². The number of rotatable bonds is 5. The minimum absolute atomic E-state index is 0.109. The summed E-state index contributed by atoms with van der Waals surface area (Å²) in [6.45, 7) is 5.26. The Morgan fingerprint density at radius 2 is 2.00 bits per heavy atom. The lowest BCUT2D eigenvalue weighted by molar-refractivity contribution is -0.117. The number of carbonyl (C=O) groups is 1. The molecule has 1 aliphatic heterocycles. The van der Waals surface area contributed by atoms with Crippen LogP contribution in [0.5, 0.6) is 11.5 Å². The van der Waals surface area contributed by atoms with Crippen molar-refractivity contribution in [3.63, 3.8) is 0 Å². The Morgan fingerprint density at radius 3 is 2.72 bits per heavy atom. The molecule has 5 heteroatoms. The number of nitrogens with one attached hydrogen (secondary N) is 1. The van der Waals surface area contributed by atoms with E-state index in [0.717, 1.165) is 22.6 Å². The molecule has 1 aromatic carbocycles. The maximum absolute atomic E-state index is 12.3. The predicted molar refractivity (Wildman–Crippen MR) is 96.4 cm³/mol. The molecule has 1 aliphatic rings. The fourth-order valence-electron chi connectivity index (χ4n) is 2.74. The van der Waals surface area contributed by atoms with Gasteiger partial charge in [0.15, 0.2) is 11.5 Å². The monoisotopic (exact) mass is 338 g/mol. The van der Waals surface area contributed by atoms with Gasteiger partial charge in [-0.25, -0.2) is 0 Å². The van der Waals surface area contributed by atoms with E-state index in [1.165, 1.54) is 6.08 Å². The van der Waals surface area contributed by atoms with Crippen LogP contribution in [0.25, 0.3) is 6.08 Å². The normalized spacial score (nSPS) is 14.5. The van der Waals surface area contributed by atoms with Gasteiger partial charge in [0.25, 0.3) is 0 Å². The van der Waals surface area contributed by atoms with E-state index in [9.17, 15) is 4.79 Å². The van der Waals surface area contributed by atoms with Crippen LogP contribution in [0.1, 0.15) is 31.0 Å². The second-order valence-electron chi connectivity index (χ2n) is 6.25. The number of hydrogen-bond donors (Lipinski definition) is 1. The predicted octanol–water partition coefficient (Wildman–Crippen LogP) is 3.38. The lowest BCUT2D eigenvalue weighted by atomic mass is 9.95. The molecule has 25 heavy (non-hydrogen) atoms. The Hall–Kier alpha value is -2.82. The lowest BCUT2D eigenvalue weighted by Gasteiger charge is -2.25. The molecule has 0 aliphatic carbocycles. The summed E-state index contributed by atoms with van der Waals surface area (Å²) in [5.41, 5.74) is 1.89. The number of nitrogens with zero attached hydrogens (tertiary/aromatic N) is 1. The maximum Gasteiger partial charge on any atom is 0.244 e. The van der Waals surface area contributed by atoms with Gasteiger partial charge < -0.3 is 14.8 Å². The molecule has 3 rings (SSSR count). The van der Waals surface area contributed by atoms with Gasteiger partial charge in [-0.15, -0.1) is 0 Å². The molecule has 1 amide bonds. The molecule has 2 aromatic rings. The van der Waals surface area contributed by atoms with Gasteiger partial charge in [0.05, 0.1) is 6.04 Å². The van der Waals surface area contributed by atoms with E-state index in [1.807, 2.05) is 30.3 Å². The van der Waals surface area contributed by atoms with E-state index in [4.69, 9.17) is 9.47 Å². The second kappa shape index (κ2) is 7.83. The van der Waals surface area contributed by atoms with E-state index in [0.29, 0.717) is 13.2 Å². The third-order valence-corrected chi connectivity index (χ3v) is 4.00. The van der Waals surface area contributed by atoms with Gasteiger partial charge in [0, 0.05) is 18.5 Å². The molecule has 0 bridgehead atoms. The molecule has 1 aromatic heterocycles. The van der Waals surface area contributed by atoms with Crippen molar-refractivity contribution in [2.45, 2.75) is 19.9 Å². The first-order valence-corrected chi connectivity index (χ1v) is 8.41. The first-order chi connectivity index (χ1) is 12.1. The molecule has 2 heterocycles. The highest BCUT2D eigenvalue weighted by Gasteiger charge is 2.20. The maximum atomic E-state index is 12.3. The Kier molecular flexibility index (Phi) is 5.33. The van der Waals surface area contributed by atoms with Gasteiger partial charge in [-0.1, -0.05) is 26.0 Å². The second-order valence-corrected chi connectivity index (χ2v) is 6.25. The first-order valence-electron chi connectivity index (χ1n) is 8.41. The number of benzene rings is 1. The van der Waals surface area contributed by atoms with Crippen LogP contribution >= 0.6 is 0 Å². The van der Waals surface area contributed by atoms with Crippen LogP contribution in [0.3, 0.4) is 0 Å². The first kappa shape index (κ1) is 17.0. The van der Waals surface area contributed by atoms with Gasteiger partial charge in [-0.2, -0.15) is 0 Å². The molecule has 5 nitrogen and oxygen atoms in total. The van der Waals surface area contributed by atoms with Crippen molar-refractivity contribution in [1.29, 1.82) is 0 Å². The van der Waals surface area contributed by atoms with Crippen molar-refractivity contribution in [2.24, 2.45) is 5.92 Å². The summed E-state index contributed by atoms with van der Waals surface area (Å²) in [6, 6.07) is 9.45. The van der Waals surface area contributed by atoms with Crippen LogP contribution in [-0.2, 0) is 4.79 Å². The highest BCUT2D eigenvalue weighted by atomic mass is 16.6. The average molecular weight is 338 g/mol. The molecule has 1 unspecified atom stereocenters. The zero-order chi connectivity index (χ0) is 17.6. The molecule has 0 spiro atoms. The van der Waals surface area contributed by atoms with Crippen molar-refractivity contribution in [3.8, 4) is 11.5 Å². The number of carbonyl (C=O) groups excluding carboxylic acids is 1. The zero-order valence-corrected chi connectivity index (χ0v) is 14.4. The minimum atomic E-state index is -0.141. The topological polar surface area (TPSA) is 60.5 Å². The summed E-state index contributed by atoms with van der Waals surface area (Å²) >= 11 is 0. The third kappa shape index (κ3) is 4.38. The Morgan fingerprint density at radius 1 is 1.20 bits per heavy atom. The van der Waals surface area contributed by atoms with Gasteiger partial charge in [0.1, 0.15) is 13.2 Å². The molecule has 0 saturated carbocycles. The number of hydrogen-bond acceptors (Lipinski definition) is 4. The van der Waals surface area contributed by atoms with Crippen LogP contribution in [0.15, 0.2) is 48.8 Å². The summed E-state index contributed by atoms with van der Waals surface area (Å²) in [5.74, 6) is 1.57. The van der Waals surface area contributed by atoms with Crippen molar-refractivity contribution >= 4 is 12.0 Å². The summed E-state index contributed by atoms with van der Waals surface area (Å²) in [5, 5.41) is 3.07. The van der Waals surface area contributed by atoms with Crippen LogP contribution in [0, 0.1) is 5.92 Å². The molecular weight excluding hydrogens is 316 g/mol. The number of amides is 1. The van der Waals surface area contributed by atoms with Crippen molar-refractivity contribution in [1.82, 2.24) is 10.3 Å². The Balaban J connectivity index is 1.73. The Labute approximate surface area is 147 Å². The SMILES string of the molecule is CC(C)C(NC(=O)/C=C/c1cccnc1)c1ccc2c(c1)OCCO2. The molecule has 1 atom stereocenters. The lowest BCUT2D eigenvalue weighted by Crippen LogP contribution is -2.30. The summed E-state index contributed by atoms with van der Waals surface area (Å²) in [4.78, 5) is 16.4. The minimum Gasteiger partial charge on any atom is -0.486 e. The third-order valence-electron chi connectivity index (χ3n) is 4.00. The highest BCUT2D eigenvalue weighted by Crippen LogP contribution is 2.34. The van der Waals surface area contributed by atoms with E-state index in [2.05, 4.69) is 24.1 Å². The van der Waals surface area contributed by atoms with Crippen LogP contribution in [0.4, 0.5) is 0 Å². The Bertz CT molecular complexity index is 757. The largest absolute Gasteiger partial charge is 0.486 e. The van der Waals surface area contributed by atoms with Crippen LogP contribution in [-0.4, -0.2) is 24.1 Å². The summed E-state index contributed by atoms with van der Waals surface area (Å²) in [7, 11) is 0. The molecule has 0 fully saturated rings. The van der Waals surface area contributed by atoms with Crippen molar-refractivity contribution in [3.05, 3.63) is 59.9 Å². The number of fused-ring (bicyclic) bond motifs is 1. The average Bonchev–Trinajstić information content (AvgIpc) is 2.64. The van der Waals surface area contributed by atoms with Crippen molar-refractivity contribution in [2.75, 3.05) is 13.2 Å². The van der Waals surface area contributed by atoms with Gasteiger partial charge in [-0.05, 0) is 41.3 Å². The molecule has 0 saturated heterocycles. The molecule has 1 N–H and O–H groups in total. The fourth-order valence-corrected chi connectivity index (χ4v) is 2.74. The number of aromatic nitrogens is 1. The van der Waals surface area contributed by atoms with Crippen molar-refractivity contribution < 1.29 is 14.3 Å². The van der Waals surface area contributed by atoms with Crippen LogP contribution in [0.2, 0.25) is 0 Å². The number of ether oxygens (including phenoxy) is 2. The summed E-state index contributed by atoms with van der Waals surface area (Å²) in [6.07, 6.45) is 6.70. The standard InChI is InChI=1S/C20H22N2O3/c1-14(2)20(16-6-7-17-18(12-16)25-11-10-24-17)22-19(23)8-5-15-4-3-9-21-13-15/h3-9,12-14,20H,10-11H2,1-2H3,(H,22,23)/b8-5+. The van der Waals surface area contributed by atoms with E-state index < -0.39 is 0 Å². The van der Waals surface area contributed by atoms with E-state index >= 15 is 0 Å². The van der Waals surface area contributed by atoms with Gasteiger partial charge in [0.2, 0.25) is 5.91 Å². The molecule has 130 valence electrons. The summed E-state index contributed by atoms with van der Waals surface area (Å²) < 4.78 is 11.2. The smallest absolute Gasteiger partial charge is 0.244 e. The quantitative estimate of drug-likeness (QED) is 0.849. The zero-order valence-electron chi connectivity index (χ0n) is 14.4. The highest BCUT2D eigenvalue weighted by molar-refractivity contribution is 5.92. The van der Waals surface area contributed by atoms with E-state index in [-0.39, 0.29) is 17.9 Å². The number of pyridine rings is 1. The molecular formula is C20H22N2O3. The molecule has 0 radical (unpaired) electrons. The van der Waals surface area contributed by atoms with Gasteiger partial charge in [-0.3, -0.25) is 9.78 Å².